The number of likely N-dealkylation sites (N-methyl/N-ethyl adjacent to an activating group) is 1. The number of ether oxygens (including phenoxy) is 1. The molecule has 1 aromatic heterocycles. The van der Waals surface area contributed by atoms with Crippen LogP contribution in [0.2, 0.25) is 5.02 Å². The Labute approximate surface area is 211 Å². The molecule has 3 heterocycles. The largest absolute Gasteiger partial charge is 0.495 e. The van der Waals surface area contributed by atoms with Gasteiger partial charge in [-0.3, -0.25) is 4.79 Å². The molecule has 0 saturated heterocycles. The minimum absolute atomic E-state index is 0.158. The molecule has 2 aromatic carbocycles. The van der Waals surface area contributed by atoms with E-state index in [9.17, 15) is 4.79 Å². The number of hydrogen-bond donors (Lipinski definition) is 1. The second kappa shape index (κ2) is 9.13. The summed E-state index contributed by atoms with van der Waals surface area (Å²) in [5, 5.41) is 3.81. The molecule has 0 saturated carbocycles. The smallest absolute Gasteiger partial charge is 0.229 e. The molecule has 1 atom stereocenters. The Hall–Kier alpha value is -3.16. The molecular formula is C27H30ClN5O2. The third-order valence-corrected chi connectivity index (χ3v) is 7.21. The molecule has 5 rings (SSSR count). The van der Waals surface area contributed by atoms with Crippen LogP contribution in [0.25, 0.3) is 0 Å². The molecule has 8 heteroatoms. The van der Waals surface area contributed by atoms with Gasteiger partial charge in [0.05, 0.1) is 19.0 Å². The third kappa shape index (κ3) is 4.46. The van der Waals surface area contributed by atoms with Gasteiger partial charge in [-0.25, -0.2) is 4.98 Å². The number of nitrogens with one attached hydrogen (secondary N) is 1. The first-order chi connectivity index (χ1) is 16.8. The van der Waals surface area contributed by atoms with Crippen molar-refractivity contribution in [2.45, 2.75) is 38.6 Å². The average Bonchev–Trinajstić information content (AvgIpc) is 3.11. The van der Waals surface area contributed by atoms with Crippen LogP contribution in [-0.4, -0.2) is 47.9 Å². The van der Waals surface area contributed by atoms with Crippen LogP contribution >= 0.6 is 11.6 Å². The number of para-hydroxylation sites is 1. The number of halogens is 1. The molecule has 7 nitrogen and oxygen atoms in total. The normalized spacial score (nSPS) is 19.3. The van der Waals surface area contributed by atoms with E-state index >= 15 is 0 Å². The second-order valence-electron chi connectivity index (χ2n) is 9.84. The summed E-state index contributed by atoms with van der Waals surface area (Å²) in [5.74, 6) is 1.96. The van der Waals surface area contributed by atoms with E-state index in [0.717, 1.165) is 42.2 Å². The number of rotatable bonds is 6. The van der Waals surface area contributed by atoms with Crippen molar-refractivity contribution in [3.63, 3.8) is 0 Å². The maximum Gasteiger partial charge on any atom is 0.229 e. The Kier molecular flexibility index (Phi) is 6.15. The molecule has 2 aliphatic rings. The van der Waals surface area contributed by atoms with Crippen LogP contribution in [0.3, 0.4) is 0 Å². The maximum atomic E-state index is 12.1. The Morgan fingerprint density at radius 1 is 1.26 bits per heavy atom. The van der Waals surface area contributed by atoms with E-state index in [-0.39, 0.29) is 11.2 Å². The molecule has 0 amide bonds. The highest BCUT2D eigenvalue weighted by atomic mass is 35.5. The topological polar surface area (TPSA) is 70.6 Å². The Morgan fingerprint density at radius 2 is 2.06 bits per heavy atom. The monoisotopic (exact) mass is 491 g/mol. The summed E-state index contributed by atoms with van der Waals surface area (Å²) in [4.78, 5) is 25.7. The Morgan fingerprint density at radius 3 is 2.83 bits per heavy atom. The fraction of sp³-hybridized carbons (Fsp3) is 0.370. The van der Waals surface area contributed by atoms with Crippen LogP contribution in [0.15, 0.2) is 42.6 Å². The lowest BCUT2D eigenvalue weighted by Gasteiger charge is -2.27. The van der Waals surface area contributed by atoms with E-state index in [2.05, 4.69) is 58.3 Å². The standard InChI is InChI=1S/C27H30ClN5O2/c1-17(34)13-27(2)16-33(23-8-6-5-7-20(23)27)25-21(28)14-29-26(31-25)30-22-11-19-15-32(3)10-9-18(19)12-24(22)35-4/h5-8,11-12,14H,9-10,13,15-16H2,1-4H3,(H,29,30,31). The van der Waals surface area contributed by atoms with Crippen LogP contribution in [0.1, 0.15) is 37.0 Å². The van der Waals surface area contributed by atoms with E-state index in [1.54, 1.807) is 20.2 Å². The highest BCUT2D eigenvalue weighted by Gasteiger charge is 2.41. The van der Waals surface area contributed by atoms with Gasteiger partial charge in [0, 0.05) is 37.2 Å². The number of anilines is 4. The van der Waals surface area contributed by atoms with Crippen LogP contribution in [-0.2, 0) is 23.2 Å². The molecular weight excluding hydrogens is 462 g/mol. The van der Waals surface area contributed by atoms with Crippen LogP contribution in [0, 0.1) is 0 Å². The quantitative estimate of drug-likeness (QED) is 0.504. The molecule has 3 aromatic rings. The highest BCUT2D eigenvalue weighted by Crippen LogP contribution is 2.47. The van der Waals surface area contributed by atoms with Crippen molar-refractivity contribution < 1.29 is 9.53 Å². The molecule has 2 aliphatic heterocycles. The SMILES string of the molecule is COc1cc2c(cc1Nc1ncc(Cl)c(N3CC(C)(CC(C)=O)c4ccccc43)n1)CN(C)CC2. The second-order valence-corrected chi connectivity index (χ2v) is 10.2. The van der Waals surface area contributed by atoms with Gasteiger partial charge in [0.1, 0.15) is 16.6 Å². The van der Waals surface area contributed by atoms with Gasteiger partial charge in [-0.15, -0.1) is 0 Å². The summed E-state index contributed by atoms with van der Waals surface area (Å²) in [7, 11) is 3.80. The lowest BCUT2D eigenvalue weighted by Crippen LogP contribution is -2.31. The number of benzene rings is 2. The molecule has 0 spiro atoms. The number of methoxy groups -OCH3 is 1. The van der Waals surface area contributed by atoms with Gasteiger partial charge >= 0.3 is 0 Å². The lowest BCUT2D eigenvalue weighted by molar-refractivity contribution is -0.118. The zero-order chi connectivity index (χ0) is 24.7. The first kappa shape index (κ1) is 23.6. The van der Waals surface area contributed by atoms with Crippen molar-refractivity contribution >= 4 is 40.5 Å². The van der Waals surface area contributed by atoms with Crippen molar-refractivity contribution in [2.75, 3.05) is 37.5 Å². The van der Waals surface area contributed by atoms with Crippen molar-refractivity contribution in [1.29, 1.82) is 0 Å². The van der Waals surface area contributed by atoms with E-state index in [1.807, 2.05) is 12.1 Å². The predicted molar refractivity (Wildman–Crippen MR) is 139 cm³/mol. The molecule has 1 N–H and O–H groups in total. The zero-order valence-electron chi connectivity index (χ0n) is 20.6. The van der Waals surface area contributed by atoms with Crippen molar-refractivity contribution in [3.05, 3.63) is 64.3 Å². The summed E-state index contributed by atoms with van der Waals surface area (Å²) < 4.78 is 5.67. The number of Topliss-reactive ketones (excluding diaryl/α,β-unsaturated/α-hetero) is 1. The van der Waals surface area contributed by atoms with E-state index in [4.69, 9.17) is 21.3 Å². The maximum absolute atomic E-state index is 12.1. The molecule has 182 valence electrons. The van der Waals surface area contributed by atoms with E-state index in [0.29, 0.717) is 29.8 Å². The zero-order valence-corrected chi connectivity index (χ0v) is 21.3. The van der Waals surface area contributed by atoms with Crippen LogP contribution < -0.4 is 15.0 Å². The first-order valence-corrected chi connectivity index (χ1v) is 12.2. The third-order valence-electron chi connectivity index (χ3n) is 6.94. The highest BCUT2D eigenvalue weighted by molar-refractivity contribution is 6.33. The fourth-order valence-electron chi connectivity index (χ4n) is 5.35. The fourth-order valence-corrected chi connectivity index (χ4v) is 5.54. The predicted octanol–water partition coefficient (Wildman–Crippen LogP) is 5.26. The minimum atomic E-state index is -0.321. The number of hydrogen-bond acceptors (Lipinski definition) is 7. The molecule has 0 fully saturated rings. The Bertz CT molecular complexity index is 1300. The number of nitrogens with zero attached hydrogens (tertiary/aromatic N) is 4. The van der Waals surface area contributed by atoms with Gasteiger partial charge in [-0.05, 0) is 55.3 Å². The van der Waals surface area contributed by atoms with E-state index < -0.39 is 0 Å². The summed E-state index contributed by atoms with van der Waals surface area (Å²) in [6.07, 6.45) is 3.07. The number of carbonyl (C=O) groups is 1. The van der Waals surface area contributed by atoms with Crippen molar-refractivity contribution in [3.8, 4) is 5.75 Å². The van der Waals surface area contributed by atoms with Gasteiger partial charge < -0.3 is 19.9 Å². The number of ketones is 1. The van der Waals surface area contributed by atoms with Gasteiger partial charge in [0.15, 0.2) is 5.82 Å². The molecule has 0 radical (unpaired) electrons. The average molecular weight is 492 g/mol. The number of fused-ring (bicyclic) bond motifs is 2. The minimum Gasteiger partial charge on any atom is -0.495 e. The molecule has 35 heavy (non-hydrogen) atoms. The summed E-state index contributed by atoms with van der Waals surface area (Å²) in [6, 6.07) is 12.4. The van der Waals surface area contributed by atoms with Crippen molar-refractivity contribution in [2.24, 2.45) is 0 Å². The van der Waals surface area contributed by atoms with Crippen LogP contribution in [0.5, 0.6) is 5.75 Å². The summed E-state index contributed by atoms with van der Waals surface area (Å²) in [5.41, 5.74) is 5.21. The number of aromatic nitrogens is 2. The lowest BCUT2D eigenvalue weighted by atomic mass is 9.80. The van der Waals surface area contributed by atoms with Gasteiger partial charge in [0.2, 0.25) is 5.95 Å². The summed E-state index contributed by atoms with van der Waals surface area (Å²) in [6.45, 7) is 6.29. The molecule has 1 unspecified atom stereocenters. The van der Waals surface area contributed by atoms with Crippen molar-refractivity contribution in [1.82, 2.24) is 14.9 Å². The van der Waals surface area contributed by atoms with Gasteiger partial charge in [0.25, 0.3) is 0 Å². The van der Waals surface area contributed by atoms with Crippen LogP contribution in [0.4, 0.5) is 23.1 Å². The van der Waals surface area contributed by atoms with Gasteiger partial charge in [-0.1, -0.05) is 36.7 Å². The molecule has 0 aliphatic carbocycles. The van der Waals surface area contributed by atoms with Gasteiger partial charge in [-0.2, -0.15) is 4.98 Å². The Balaban J connectivity index is 1.50. The first-order valence-electron chi connectivity index (χ1n) is 11.8. The number of carbonyl (C=O) groups excluding carboxylic acids is 1. The van der Waals surface area contributed by atoms with E-state index in [1.165, 1.54) is 11.1 Å². The summed E-state index contributed by atoms with van der Waals surface area (Å²) >= 11 is 6.62. The molecule has 0 bridgehead atoms.